The van der Waals surface area contributed by atoms with Crippen molar-refractivity contribution in [1.29, 1.82) is 0 Å². The molecule has 0 saturated carbocycles. The number of aromatic nitrogens is 3. The van der Waals surface area contributed by atoms with Gasteiger partial charge in [0.25, 0.3) is 0 Å². The van der Waals surface area contributed by atoms with Crippen LogP contribution in [0.25, 0.3) is 0 Å². The molecule has 0 saturated heterocycles. The maximum atomic E-state index is 10.5. The third-order valence-corrected chi connectivity index (χ3v) is 3.11. The van der Waals surface area contributed by atoms with E-state index in [0.29, 0.717) is 23.3 Å². The predicted molar refractivity (Wildman–Crippen MR) is 62.1 cm³/mol. The molecule has 0 amide bonds. The smallest absolute Gasteiger partial charge is 0.313 e. The van der Waals surface area contributed by atoms with Crippen molar-refractivity contribution >= 4 is 17.7 Å². The van der Waals surface area contributed by atoms with E-state index < -0.39 is 5.97 Å². The number of hydrogen-bond acceptors (Lipinski definition) is 6. The zero-order valence-electron chi connectivity index (χ0n) is 9.31. The normalized spacial score (nSPS) is 10.7. The van der Waals surface area contributed by atoms with Crippen molar-refractivity contribution in [1.82, 2.24) is 14.8 Å². The van der Waals surface area contributed by atoms with Crippen LogP contribution in [0.3, 0.4) is 0 Å². The zero-order valence-corrected chi connectivity index (χ0v) is 10.1. The van der Waals surface area contributed by atoms with E-state index in [9.17, 15) is 4.79 Å². The van der Waals surface area contributed by atoms with Crippen LogP contribution in [0.2, 0.25) is 0 Å². The highest BCUT2D eigenvalue weighted by atomic mass is 32.2. The zero-order chi connectivity index (χ0) is 13.0. The summed E-state index contributed by atoms with van der Waals surface area (Å²) in [7, 11) is 0. The van der Waals surface area contributed by atoms with Gasteiger partial charge in [0.2, 0.25) is 0 Å². The number of rotatable bonds is 6. The third-order valence-electron chi connectivity index (χ3n) is 2.15. The topological polar surface area (TPSA) is 101 Å². The van der Waals surface area contributed by atoms with E-state index in [1.165, 1.54) is 0 Å². The maximum Gasteiger partial charge on any atom is 0.313 e. The van der Waals surface area contributed by atoms with E-state index in [4.69, 9.17) is 14.6 Å². The van der Waals surface area contributed by atoms with Crippen LogP contribution in [0.15, 0.2) is 28.0 Å². The molecule has 96 valence electrons. The second kappa shape index (κ2) is 5.69. The summed E-state index contributed by atoms with van der Waals surface area (Å²) in [5.41, 5.74) is 0. The first kappa shape index (κ1) is 12.7. The minimum absolute atomic E-state index is 0.109. The summed E-state index contributed by atoms with van der Waals surface area (Å²) in [6.45, 7) is 0.0964. The number of aliphatic hydroxyl groups excluding tert-OH is 1. The maximum absolute atomic E-state index is 10.5. The molecule has 2 aromatic rings. The van der Waals surface area contributed by atoms with E-state index >= 15 is 0 Å². The van der Waals surface area contributed by atoms with E-state index in [2.05, 4.69) is 10.2 Å². The van der Waals surface area contributed by atoms with E-state index in [1.807, 2.05) is 0 Å². The van der Waals surface area contributed by atoms with Gasteiger partial charge in [-0.25, -0.2) is 0 Å². The molecule has 0 unspecified atom stereocenters. The Kier molecular flexibility index (Phi) is 4.00. The summed E-state index contributed by atoms with van der Waals surface area (Å²) < 4.78 is 6.83. The number of hydrogen-bond donors (Lipinski definition) is 2. The highest BCUT2D eigenvalue weighted by Crippen LogP contribution is 2.18. The number of aliphatic hydroxyl groups is 1. The Morgan fingerprint density at radius 2 is 2.33 bits per heavy atom. The second-order valence-electron chi connectivity index (χ2n) is 3.40. The molecule has 2 aromatic heterocycles. The molecule has 0 bridgehead atoms. The lowest BCUT2D eigenvalue weighted by Crippen LogP contribution is -2.07. The Bertz CT molecular complexity index is 523. The fraction of sp³-hybridized carbons (Fsp3) is 0.300. The number of thioether (sulfide) groups is 1. The number of carbonyl (C=O) groups is 1. The molecule has 2 heterocycles. The van der Waals surface area contributed by atoms with Gasteiger partial charge in [-0.1, -0.05) is 11.8 Å². The lowest BCUT2D eigenvalue weighted by atomic mass is 10.4. The van der Waals surface area contributed by atoms with Crippen molar-refractivity contribution in [2.45, 2.75) is 18.3 Å². The summed E-state index contributed by atoms with van der Waals surface area (Å²) in [6.07, 6.45) is 1.54. The second-order valence-corrected chi connectivity index (χ2v) is 4.35. The SMILES string of the molecule is O=C(O)CSc1nnc(CO)n1Cc1ccco1. The Balaban J connectivity index is 2.19. The van der Waals surface area contributed by atoms with Crippen LogP contribution in [0, 0.1) is 0 Å². The number of furan rings is 1. The van der Waals surface area contributed by atoms with Gasteiger partial charge in [-0.2, -0.15) is 0 Å². The molecule has 7 nitrogen and oxygen atoms in total. The number of nitrogens with zero attached hydrogens (tertiary/aromatic N) is 3. The fourth-order valence-electron chi connectivity index (χ4n) is 1.39. The van der Waals surface area contributed by atoms with Crippen LogP contribution in [-0.2, 0) is 17.9 Å². The van der Waals surface area contributed by atoms with Gasteiger partial charge >= 0.3 is 5.97 Å². The lowest BCUT2D eigenvalue weighted by molar-refractivity contribution is -0.133. The predicted octanol–water partition coefficient (Wildman–Crippen LogP) is 0.588. The summed E-state index contributed by atoms with van der Waals surface area (Å²) in [6, 6.07) is 3.54. The molecule has 8 heteroatoms. The molecule has 18 heavy (non-hydrogen) atoms. The van der Waals surface area contributed by atoms with Crippen LogP contribution in [0.4, 0.5) is 0 Å². The Morgan fingerprint density at radius 1 is 1.50 bits per heavy atom. The van der Waals surface area contributed by atoms with Gasteiger partial charge in [-0.05, 0) is 12.1 Å². The van der Waals surface area contributed by atoms with E-state index in [1.54, 1.807) is 23.0 Å². The average molecular weight is 269 g/mol. The Hall–Kier alpha value is -1.80. The quantitative estimate of drug-likeness (QED) is 0.740. The van der Waals surface area contributed by atoms with Crippen molar-refractivity contribution < 1.29 is 19.4 Å². The minimum atomic E-state index is -0.932. The van der Waals surface area contributed by atoms with E-state index in [-0.39, 0.29) is 12.4 Å². The monoisotopic (exact) mass is 269 g/mol. The van der Waals surface area contributed by atoms with Crippen LogP contribution in [-0.4, -0.2) is 36.7 Å². The molecule has 0 aliphatic rings. The molecule has 0 aromatic carbocycles. The van der Waals surface area contributed by atoms with Gasteiger partial charge < -0.3 is 14.6 Å². The van der Waals surface area contributed by atoms with Crippen molar-refractivity contribution in [3.8, 4) is 0 Å². The van der Waals surface area contributed by atoms with Gasteiger partial charge in [-0.3, -0.25) is 9.36 Å². The van der Waals surface area contributed by atoms with Crippen LogP contribution < -0.4 is 0 Å². The third kappa shape index (κ3) is 2.90. The number of carboxylic acids is 1. The molecule has 0 spiro atoms. The first-order valence-corrected chi connectivity index (χ1v) is 6.09. The largest absolute Gasteiger partial charge is 0.481 e. The summed E-state index contributed by atoms with van der Waals surface area (Å²) in [4.78, 5) is 10.5. The highest BCUT2D eigenvalue weighted by molar-refractivity contribution is 7.99. The molecule has 0 radical (unpaired) electrons. The minimum Gasteiger partial charge on any atom is -0.481 e. The van der Waals surface area contributed by atoms with Gasteiger partial charge in [0.15, 0.2) is 11.0 Å². The first-order valence-electron chi connectivity index (χ1n) is 5.10. The number of aliphatic carboxylic acids is 1. The molecule has 0 atom stereocenters. The van der Waals surface area contributed by atoms with Crippen molar-refractivity contribution in [2.24, 2.45) is 0 Å². The molecule has 0 aliphatic heterocycles. The van der Waals surface area contributed by atoms with Crippen molar-refractivity contribution in [3.63, 3.8) is 0 Å². The van der Waals surface area contributed by atoms with Crippen molar-refractivity contribution in [2.75, 3.05) is 5.75 Å². The van der Waals surface area contributed by atoms with Gasteiger partial charge in [0, 0.05) is 0 Å². The summed E-state index contributed by atoms with van der Waals surface area (Å²) in [5, 5.41) is 25.9. The Labute approximate surface area is 106 Å². The summed E-state index contributed by atoms with van der Waals surface area (Å²) >= 11 is 1.05. The van der Waals surface area contributed by atoms with Gasteiger partial charge in [-0.15, -0.1) is 10.2 Å². The van der Waals surface area contributed by atoms with Gasteiger partial charge in [0.1, 0.15) is 12.4 Å². The molecular formula is C10H11N3O4S. The average Bonchev–Trinajstić information content (AvgIpc) is 2.97. The van der Waals surface area contributed by atoms with Crippen LogP contribution in [0.1, 0.15) is 11.6 Å². The van der Waals surface area contributed by atoms with Crippen molar-refractivity contribution in [3.05, 3.63) is 30.0 Å². The first-order chi connectivity index (χ1) is 8.70. The molecule has 0 aliphatic carbocycles. The highest BCUT2D eigenvalue weighted by Gasteiger charge is 2.14. The standard InChI is InChI=1S/C10H11N3O4S/c14-5-8-11-12-10(18-6-9(15)16)13(8)4-7-2-1-3-17-7/h1-3,14H,4-6H2,(H,15,16). The lowest BCUT2D eigenvalue weighted by Gasteiger charge is -2.06. The number of carboxylic acid groups (broad SMARTS) is 1. The Morgan fingerprint density at radius 3 is 2.94 bits per heavy atom. The van der Waals surface area contributed by atoms with Gasteiger partial charge in [0.05, 0.1) is 18.6 Å². The van der Waals surface area contributed by atoms with E-state index in [0.717, 1.165) is 11.8 Å². The fourth-order valence-corrected chi connectivity index (χ4v) is 2.06. The molecule has 2 rings (SSSR count). The van der Waals surface area contributed by atoms with Crippen LogP contribution in [0.5, 0.6) is 0 Å². The van der Waals surface area contributed by atoms with Crippen LogP contribution >= 0.6 is 11.8 Å². The molecule has 2 N–H and O–H groups in total. The molecule has 0 fully saturated rings. The summed E-state index contributed by atoms with van der Waals surface area (Å²) in [5.74, 6) is 0.0147. The molecular weight excluding hydrogens is 258 g/mol.